The molecule has 0 bridgehead atoms. The van der Waals surface area contributed by atoms with E-state index in [0.29, 0.717) is 12.0 Å². The minimum atomic E-state index is 0.374. The molecule has 0 saturated heterocycles. The summed E-state index contributed by atoms with van der Waals surface area (Å²) in [4.78, 5) is 10.2. The van der Waals surface area contributed by atoms with E-state index < -0.39 is 0 Å². The number of carbonyl (C=O) groups excluding carboxylic acids is 1. The number of anilines is 1. The van der Waals surface area contributed by atoms with Crippen molar-refractivity contribution in [3.05, 3.63) is 42.1 Å². The van der Waals surface area contributed by atoms with E-state index in [2.05, 4.69) is 11.9 Å². The third-order valence-corrected chi connectivity index (χ3v) is 1.50. The highest BCUT2D eigenvalue weighted by Gasteiger charge is 1.91. The second-order valence-corrected chi connectivity index (χ2v) is 2.63. The van der Waals surface area contributed by atoms with Crippen molar-refractivity contribution in [2.24, 2.45) is 0 Å². The van der Waals surface area contributed by atoms with Gasteiger partial charge in [0, 0.05) is 5.69 Å². The summed E-state index contributed by atoms with van der Waals surface area (Å²) in [5.74, 6) is 0. The number of nitrogens with one attached hydrogen (secondary N) is 1. The van der Waals surface area contributed by atoms with Gasteiger partial charge in [-0.3, -0.25) is 4.79 Å². The molecule has 0 spiro atoms. The summed E-state index contributed by atoms with van der Waals surface area (Å²) in [6, 6.07) is 7.76. The van der Waals surface area contributed by atoms with E-state index in [0.717, 1.165) is 5.69 Å². The number of hydrogen-bond donors (Lipinski definition) is 1. The van der Waals surface area contributed by atoms with Gasteiger partial charge in [-0.15, -0.1) is 0 Å². The van der Waals surface area contributed by atoms with E-state index in [9.17, 15) is 4.79 Å². The molecule has 0 unspecified atom stereocenters. The van der Waals surface area contributed by atoms with Crippen molar-refractivity contribution in [2.45, 2.75) is 6.92 Å². The first-order valence-corrected chi connectivity index (χ1v) is 3.70. The average Bonchev–Trinajstić information content (AvgIpc) is 2.09. The van der Waals surface area contributed by atoms with Crippen LogP contribution in [0.3, 0.4) is 0 Å². The Hall–Kier alpha value is -1.57. The molecule has 1 rings (SSSR count). The van der Waals surface area contributed by atoms with Gasteiger partial charge in [0.15, 0.2) is 6.29 Å². The molecule has 1 N–H and O–H groups in total. The van der Waals surface area contributed by atoms with Crippen molar-refractivity contribution < 1.29 is 4.79 Å². The van der Waals surface area contributed by atoms with Crippen molar-refractivity contribution in [3.63, 3.8) is 0 Å². The maximum absolute atomic E-state index is 10.2. The Morgan fingerprint density at radius 2 is 2.00 bits per heavy atom. The molecular formula is C10H11NO. The predicted molar refractivity (Wildman–Crippen MR) is 50.0 cm³/mol. The van der Waals surface area contributed by atoms with Gasteiger partial charge in [-0.05, 0) is 19.1 Å². The van der Waals surface area contributed by atoms with Crippen LogP contribution in [-0.2, 0) is 4.79 Å². The fraction of sp³-hybridized carbons (Fsp3) is 0.100. The molecule has 0 atom stereocenters. The molecule has 62 valence electrons. The summed E-state index contributed by atoms with van der Waals surface area (Å²) in [6.07, 6.45) is 0.694. The summed E-state index contributed by atoms with van der Waals surface area (Å²) in [5, 5.41) is 2.86. The van der Waals surface area contributed by atoms with Crippen LogP contribution in [0.5, 0.6) is 0 Å². The number of carbonyl (C=O) groups is 1. The first kappa shape index (κ1) is 8.53. The lowest BCUT2D eigenvalue weighted by atomic mass is 10.2. The predicted octanol–water partition coefficient (Wildman–Crippen LogP) is 2.12. The number of hydrogen-bond acceptors (Lipinski definition) is 2. The Labute approximate surface area is 71.9 Å². The zero-order valence-electron chi connectivity index (χ0n) is 7.00. The zero-order valence-corrected chi connectivity index (χ0v) is 7.00. The Morgan fingerprint density at radius 3 is 2.50 bits per heavy atom. The second-order valence-electron chi connectivity index (χ2n) is 2.63. The molecule has 2 heteroatoms. The van der Waals surface area contributed by atoms with Gasteiger partial charge in [0.25, 0.3) is 0 Å². The fourth-order valence-corrected chi connectivity index (χ4v) is 0.852. The average molecular weight is 161 g/mol. The molecule has 12 heavy (non-hydrogen) atoms. The van der Waals surface area contributed by atoms with Crippen LogP contribution < -0.4 is 5.32 Å². The molecule has 0 aromatic heterocycles. The van der Waals surface area contributed by atoms with Gasteiger partial charge in [0.2, 0.25) is 0 Å². The molecule has 0 saturated carbocycles. The van der Waals surface area contributed by atoms with Crippen LogP contribution in [-0.4, -0.2) is 6.29 Å². The van der Waals surface area contributed by atoms with E-state index in [1.54, 1.807) is 0 Å². The van der Waals surface area contributed by atoms with E-state index in [4.69, 9.17) is 0 Å². The van der Waals surface area contributed by atoms with Gasteiger partial charge >= 0.3 is 0 Å². The van der Waals surface area contributed by atoms with Crippen LogP contribution in [0.4, 0.5) is 5.69 Å². The largest absolute Gasteiger partial charge is 0.353 e. The SMILES string of the molecule is C=C(C=O)Nc1ccc(C)cc1. The van der Waals surface area contributed by atoms with E-state index in [1.165, 1.54) is 5.56 Å². The van der Waals surface area contributed by atoms with Crippen LogP contribution >= 0.6 is 0 Å². The quantitative estimate of drug-likeness (QED) is 0.543. The van der Waals surface area contributed by atoms with E-state index >= 15 is 0 Å². The van der Waals surface area contributed by atoms with Crippen LogP contribution in [0, 0.1) is 6.92 Å². The van der Waals surface area contributed by atoms with Gasteiger partial charge in [-0.25, -0.2) is 0 Å². The molecule has 0 radical (unpaired) electrons. The summed E-state index contributed by atoms with van der Waals surface area (Å²) in [6.45, 7) is 5.52. The third kappa shape index (κ3) is 2.23. The minimum Gasteiger partial charge on any atom is -0.353 e. The molecule has 0 fully saturated rings. The molecule has 1 aromatic carbocycles. The number of benzene rings is 1. The topological polar surface area (TPSA) is 29.1 Å². The van der Waals surface area contributed by atoms with Gasteiger partial charge in [0.1, 0.15) is 0 Å². The van der Waals surface area contributed by atoms with Gasteiger partial charge in [-0.2, -0.15) is 0 Å². The van der Waals surface area contributed by atoms with E-state index in [-0.39, 0.29) is 0 Å². The molecular weight excluding hydrogens is 150 g/mol. The minimum absolute atomic E-state index is 0.374. The van der Waals surface area contributed by atoms with Crippen molar-refractivity contribution in [1.29, 1.82) is 0 Å². The van der Waals surface area contributed by atoms with Crippen LogP contribution in [0.1, 0.15) is 5.56 Å². The lowest BCUT2D eigenvalue weighted by Crippen LogP contribution is -1.97. The molecule has 0 heterocycles. The summed E-state index contributed by atoms with van der Waals surface area (Å²) >= 11 is 0. The second kappa shape index (κ2) is 3.72. The zero-order chi connectivity index (χ0) is 8.97. The summed E-state index contributed by atoms with van der Waals surface area (Å²) < 4.78 is 0. The number of aryl methyl sites for hydroxylation is 1. The highest BCUT2D eigenvalue weighted by Crippen LogP contribution is 2.09. The Morgan fingerprint density at radius 1 is 1.42 bits per heavy atom. The fourth-order valence-electron chi connectivity index (χ4n) is 0.852. The number of aldehydes is 1. The molecule has 2 nitrogen and oxygen atoms in total. The van der Waals surface area contributed by atoms with Crippen LogP contribution in [0.15, 0.2) is 36.5 Å². The third-order valence-electron chi connectivity index (χ3n) is 1.50. The number of rotatable bonds is 3. The smallest absolute Gasteiger partial charge is 0.165 e. The first-order valence-electron chi connectivity index (χ1n) is 3.70. The van der Waals surface area contributed by atoms with Crippen LogP contribution in [0.2, 0.25) is 0 Å². The highest BCUT2D eigenvalue weighted by atomic mass is 16.1. The normalized spacial score (nSPS) is 9.08. The molecule has 1 aromatic rings. The molecule has 0 aliphatic rings. The van der Waals surface area contributed by atoms with Crippen molar-refractivity contribution in [3.8, 4) is 0 Å². The maximum atomic E-state index is 10.2. The summed E-state index contributed by atoms with van der Waals surface area (Å²) in [5.41, 5.74) is 2.45. The lowest BCUT2D eigenvalue weighted by molar-refractivity contribution is -0.104. The highest BCUT2D eigenvalue weighted by molar-refractivity contribution is 5.77. The number of allylic oxidation sites excluding steroid dienone is 1. The Kier molecular flexibility index (Phi) is 2.64. The van der Waals surface area contributed by atoms with Crippen molar-refractivity contribution >= 4 is 12.0 Å². The molecule has 0 aliphatic carbocycles. The monoisotopic (exact) mass is 161 g/mol. The molecule has 0 amide bonds. The van der Waals surface area contributed by atoms with Gasteiger partial charge in [-0.1, -0.05) is 24.3 Å². The standard InChI is InChI=1S/C10H11NO/c1-8-3-5-10(6-4-8)11-9(2)7-12/h3-7,11H,2H2,1H3. The Bertz CT molecular complexity index is 287. The van der Waals surface area contributed by atoms with E-state index in [1.807, 2.05) is 31.2 Å². The first-order chi connectivity index (χ1) is 5.72. The summed E-state index contributed by atoms with van der Waals surface area (Å²) in [7, 11) is 0. The van der Waals surface area contributed by atoms with Crippen molar-refractivity contribution in [1.82, 2.24) is 0 Å². The van der Waals surface area contributed by atoms with Crippen molar-refractivity contribution in [2.75, 3.05) is 5.32 Å². The van der Waals surface area contributed by atoms with Crippen LogP contribution in [0.25, 0.3) is 0 Å². The lowest BCUT2D eigenvalue weighted by Gasteiger charge is -2.03. The van der Waals surface area contributed by atoms with Gasteiger partial charge < -0.3 is 5.32 Å². The Balaban J connectivity index is 2.71. The molecule has 0 aliphatic heterocycles. The maximum Gasteiger partial charge on any atom is 0.165 e. The van der Waals surface area contributed by atoms with Gasteiger partial charge in [0.05, 0.1) is 5.70 Å².